The zero-order valence-electron chi connectivity index (χ0n) is 13.0. The SMILES string of the molecule is CC[C@@H](CC#N)NC(=O)Nc1cc(C)n(-c2cccc(F)c2)n1. The average molecular weight is 315 g/mol. The Morgan fingerprint density at radius 2 is 2.26 bits per heavy atom. The molecular formula is C16H18FN5O. The Hall–Kier alpha value is -2.88. The third kappa shape index (κ3) is 4.30. The highest BCUT2D eigenvalue weighted by atomic mass is 19.1. The van der Waals surface area contributed by atoms with Gasteiger partial charge in [-0.3, -0.25) is 5.32 Å². The van der Waals surface area contributed by atoms with Gasteiger partial charge in [-0.2, -0.15) is 5.26 Å². The van der Waals surface area contributed by atoms with Gasteiger partial charge in [0.25, 0.3) is 0 Å². The van der Waals surface area contributed by atoms with E-state index >= 15 is 0 Å². The van der Waals surface area contributed by atoms with E-state index in [-0.39, 0.29) is 18.3 Å². The summed E-state index contributed by atoms with van der Waals surface area (Å²) in [5.74, 6) is 0.00279. The van der Waals surface area contributed by atoms with Crippen molar-refractivity contribution in [3.05, 3.63) is 41.8 Å². The normalized spacial score (nSPS) is 11.6. The number of hydrogen-bond donors (Lipinski definition) is 2. The first-order valence-electron chi connectivity index (χ1n) is 7.30. The molecule has 1 heterocycles. The predicted octanol–water partition coefficient (Wildman–Crippen LogP) is 3.13. The van der Waals surface area contributed by atoms with Crippen molar-refractivity contribution in [2.75, 3.05) is 5.32 Å². The van der Waals surface area contributed by atoms with E-state index in [9.17, 15) is 9.18 Å². The molecule has 2 rings (SSSR count). The Bertz CT molecular complexity index is 734. The highest BCUT2D eigenvalue weighted by Crippen LogP contribution is 2.16. The van der Waals surface area contributed by atoms with Gasteiger partial charge >= 0.3 is 6.03 Å². The lowest BCUT2D eigenvalue weighted by molar-refractivity contribution is 0.248. The first-order valence-corrected chi connectivity index (χ1v) is 7.30. The van der Waals surface area contributed by atoms with Crippen molar-refractivity contribution in [3.8, 4) is 11.8 Å². The van der Waals surface area contributed by atoms with Crippen LogP contribution in [0.5, 0.6) is 0 Å². The largest absolute Gasteiger partial charge is 0.334 e. The second kappa shape index (κ2) is 7.40. The number of carbonyl (C=O) groups excluding carboxylic acids is 1. The van der Waals surface area contributed by atoms with Crippen molar-refractivity contribution in [3.63, 3.8) is 0 Å². The van der Waals surface area contributed by atoms with Crippen LogP contribution in [-0.2, 0) is 0 Å². The van der Waals surface area contributed by atoms with Gasteiger partial charge in [-0.05, 0) is 31.5 Å². The number of benzene rings is 1. The van der Waals surface area contributed by atoms with Crippen LogP contribution in [0.15, 0.2) is 30.3 Å². The van der Waals surface area contributed by atoms with E-state index in [1.54, 1.807) is 22.9 Å². The predicted molar refractivity (Wildman–Crippen MR) is 84.7 cm³/mol. The number of aryl methyl sites for hydroxylation is 1. The standard InChI is InChI=1S/C16H18FN5O/c1-3-13(7-8-18)19-16(23)20-15-9-11(2)22(21-15)14-6-4-5-12(17)10-14/h4-6,9-10,13H,3,7H2,1-2H3,(H2,19,20,21,23)/t13-/m0/s1. The average Bonchev–Trinajstić information content (AvgIpc) is 2.87. The third-order valence-corrected chi connectivity index (χ3v) is 3.35. The number of rotatable bonds is 5. The third-order valence-electron chi connectivity index (χ3n) is 3.35. The second-order valence-corrected chi connectivity index (χ2v) is 5.13. The van der Waals surface area contributed by atoms with E-state index < -0.39 is 6.03 Å². The van der Waals surface area contributed by atoms with Crippen molar-refractivity contribution < 1.29 is 9.18 Å². The summed E-state index contributed by atoms with van der Waals surface area (Å²) >= 11 is 0. The molecule has 1 aromatic heterocycles. The molecule has 0 aliphatic carbocycles. The maximum Gasteiger partial charge on any atom is 0.320 e. The fourth-order valence-electron chi connectivity index (χ4n) is 2.15. The number of nitriles is 1. The van der Waals surface area contributed by atoms with Crippen LogP contribution < -0.4 is 10.6 Å². The molecule has 0 bridgehead atoms. The highest BCUT2D eigenvalue weighted by Gasteiger charge is 2.13. The second-order valence-electron chi connectivity index (χ2n) is 5.13. The molecule has 2 aromatic rings. The summed E-state index contributed by atoms with van der Waals surface area (Å²) in [4.78, 5) is 11.9. The van der Waals surface area contributed by atoms with Gasteiger partial charge in [0.2, 0.25) is 0 Å². The molecule has 0 unspecified atom stereocenters. The van der Waals surface area contributed by atoms with E-state index in [0.717, 1.165) is 5.69 Å². The minimum atomic E-state index is -0.420. The topological polar surface area (TPSA) is 82.7 Å². The number of hydrogen-bond acceptors (Lipinski definition) is 3. The quantitative estimate of drug-likeness (QED) is 0.889. The summed E-state index contributed by atoms with van der Waals surface area (Å²) in [6.07, 6.45) is 0.915. The smallest absolute Gasteiger partial charge is 0.320 e. The number of anilines is 1. The number of nitrogens with one attached hydrogen (secondary N) is 2. The molecule has 0 aliphatic rings. The number of nitrogens with zero attached hydrogens (tertiary/aromatic N) is 3. The van der Waals surface area contributed by atoms with E-state index in [1.165, 1.54) is 12.1 Å². The maximum absolute atomic E-state index is 13.3. The Morgan fingerprint density at radius 1 is 1.48 bits per heavy atom. The van der Waals surface area contributed by atoms with E-state index in [1.807, 2.05) is 19.9 Å². The van der Waals surface area contributed by atoms with Crippen LogP contribution in [0, 0.1) is 24.1 Å². The van der Waals surface area contributed by atoms with Gasteiger partial charge in [0.15, 0.2) is 5.82 Å². The lowest BCUT2D eigenvalue weighted by Gasteiger charge is -2.13. The molecule has 0 saturated heterocycles. The van der Waals surface area contributed by atoms with Crippen LogP contribution in [0.2, 0.25) is 0 Å². The van der Waals surface area contributed by atoms with E-state index in [2.05, 4.69) is 15.7 Å². The fraction of sp³-hybridized carbons (Fsp3) is 0.312. The molecule has 7 heteroatoms. The molecule has 1 atom stereocenters. The van der Waals surface area contributed by atoms with Crippen LogP contribution >= 0.6 is 0 Å². The molecular weight excluding hydrogens is 297 g/mol. The van der Waals surface area contributed by atoms with Crippen LogP contribution in [-0.4, -0.2) is 21.9 Å². The summed E-state index contributed by atoms with van der Waals surface area (Å²) in [6, 6.07) is 9.14. The van der Waals surface area contributed by atoms with Gasteiger partial charge in [0, 0.05) is 17.8 Å². The van der Waals surface area contributed by atoms with Crippen molar-refractivity contribution in [1.82, 2.24) is 15.1 Å². The molecule has 0 saturated carbocycles. The molecule has 120 valence electrons. The van der Waals surface area contributed by atoms with Gasteiger partial charge < -0.3 is 5.32 Å². The first kappa shape index (κ1) is 16.5. The van der Waals surface area contributed by atoms with Crippen LogP contribution in [0.3, 0.4) is 0 Å². The zero-order valence-corrected chi connectivity index (χ0v) is 13.0. The molecule has 2 amide bonds. The van der Waals surface area contributed by atoms with E-state index in [4.69, 9.17) is 5.26 Å². The van der Waals surface area contributed by atoms with Crippen LogP contribution in [0.4, 0.5) is 15.0 Å². The zero-order chi connectivity index (χ0) is 16.8. The number of halogens is 1. The summed E-state index contributed by atoms with van der Waals surface area (Å²) in [6.45, 7) is 3.70. The van der Waals surface area contributed by atoms with Gasteiger partial charge in [-0.1, -0.05) is 13.0 Å². The van der Waals surface area contributed by atoms with Gasteiger partial charge in [0.1, 0.15) is 5.82 Å². The fourth-order valence-corrected chi connectivity index (χ4v) is 2.15. The highest BCUT2D eigenvalue weighted by molar-refractivity contribution is 5.88. The molecule has 23 heavy (non-hydrogen) atoms. The number of amides is 2. The number of urea groups is 1. The lowest BCUT2D eigenvalue weighted by atomic mass is 10.2. The van der Waals surface area contributed by atoms with Gasteiger partial charge in [-0.25, -0.2) is 13.9 Å². The molecule has 1 aromatic carbocycles. The van der Waals surface area contributed by atoms with Crippen LogP contribution in [0.1, 0.15) is 25.5 Å². The molecule has 0 aliphatic heterocycles. The molecule has 6 nitrogen and oxygen atoms in total. The van der Waals surface area contributed by atoms with E-state index in [0.29, 0.717) is 17.9 Å². The monoisotopic (exact) mass is 315 g/mol. The van der Waals surface area contributed by atoms with Crippen molar-refractivity contribution in [2.45, 2.75) is 32.7 Å². The Labute approximate surface area is 133 Å². The van der Waals surface area contributed by atoms with Crippen LogP contribution in [0.25, 0.3) is 5.69 Å². The number of aromatic nitrogens is 2. The molecule has 0 spiro atoms. The maximum atomic E-state index is 13.3. The van der Waals surface area contributed by atoms with Crippen molar-refractivity contribution >= 4 is 11.8 Å². The molecule has 0 radical (unpaired) electrons. The molecule has 2 N–H and O–H groups in total. The van der Waals surface area contributed by atoms with Gasteiger partial charge in [-0.15, -0.1) is 5.10 Å². The van der Waals surface area contributed by atoms with Crippen molar-refractivity contribution in [2.24, 2.45) is 0 Å². The Morgan fingerprint density at radius 3 is 2.91 bits per heavy atom. The summed E-state index contributed by atoms with van der Waals surface area (Å²) in [5.41, 5.74) is 1.34. The summed E-state index contributed by atoms with van der Waals surface area (Å²) in [5, 5.41) is 18.3. The molecule has 0 fully saturated rings. The summed E-state index contributed by atoms with van der Waals surface area (Å²) < 4.78 is 14.9. The number of carbonyl (C=O) groups is 1. The summed E-state index contributed by atoms with van der Waals surface area (Å²) in [7, 11) is 0. The van der Waals surface area contributed by atoms with Gasteiger partial charge in [0.05, 0.1) is 18.2 Å². The lowest BCUT2D eigenvalue weighted by Crippen LogP contribution is -2.37. The van der Waals surface area contributed by atoms with Crippen molar-refractivity contribution in [1.29, 1.82) is 5.26 Å². The Kier molecular flexibility index (Phi) is 5.31. The minimum Gasteiger partial charge on any atom is -0.334 e. The minimum absolute atomic E-state index is 0.202. The Balaban J connectivity index is 2.09. The first-order chi connectivity index (χ1) is 11.0.